The zero-order chi connectivity index (χ0) is 15.3. The fourth-order valence-electron chi connectivity index (χ4n) is 3.40. The lowest BCUT2D eigenvalue weighted by molar-refractivity contribution is -0.144. The summed E-state index contributed by atoms with van der Waals surface area (Å²) in [5.74, 6) is -0.0508. The van der Waals surface area contributed by atoms with Crippen molar-refractivity contribution in [2.75, 3.05) is 13.1 Å². The van der Waals surface area contributed by atoms with Crippen LogP contribution in [0.5, 0.6) is 0 Å². The van der Waals surface area contributed by atoms with E-state index in [0.717, 1.165) is 13.0 Å². The van der Waals surface area contributed by atoms with Crippen LogP contribution >= 0.6 is 0 Å². The van der Waals surface area contributed by atoms with E-state index in [2.05, 4.69) is 24.1 Å². The maximum absolute atomic E-state index is 11.5. The van der Waals surface area contributed by atoms with Crippen molar-refractivity contribution >= 4 is 5.97 Å². The third-order valence-electron chi connectivity index (χ3n) is 4.39. The van der Waals surface area contributed by atoms with E-state index in [-0.39, 0.29) is 6.04 Å². The average molecular weight is 284 g/mol. The highest BCUT2D eigenvalue weighted by atomic mass is 16.4. The summed E-state index contributed by atoms with van der Waals surface area (Å²) in [6, 6.07) is 0.871. The molecule has 0 bridgehead atoms. The van der Waals surface area contributed by atoms with Gasteiger partial charge < -0.3 is 10.0 Å². The quantitative estimate of drug-likeness (QED) is 0.719. The van der Waals surface area contributed by atoms with Crippen molar-refractivity contribution < 1.29 is 9.90 Å². The number of hydrogen-bond donors (Lipinski definition) is 2. The van der Waals surface area contributed by atoms with E-state index in [1.165, 1.54) is 19.4 Å². The van der Waals surface area contributed by atoms with Crippen molar-refractivity contribution in [3.05, 3.63) is 0 Å². The lowest BCUT2D eigenvalue weighted by Crippen LogP contribution is -2.52. The molecule has 0 amide bonds. The molecule has 0 aromatic carbocycles. The normalized spacial score (nSPS) is 23.4. The van der Waals surface area contributed by atoms with E-state index in [9.17, 15) is 9.90 Å². The molecule has 1 aliphatic rings. The monoisotopic (exact) mass is 284 g/mol. The predicted octanol–water partition coefficient (Wildman–Crippen LogP) is 2.73. The maximum atomic E-state index is 11.5. The maximum Gasteiger partial charge on any atom is 0.323 e. The molecular formula is C16H32N2O2. The number of likely N-dealkylation sites (tertiary alicyclic amines) is 1. The van der Waals surface area contributed by atoms with Crippen LogP contribution in [0.25, 0.3) is 0 Å². The van der Waals surface area contributed by atoms with Gasteiger partial charge in [0.1, 0.15) is 5.54 Å². The van der Waals surface area contributed by atoms with E-state index in [0.29, 0.717) is 18.4 Å². The van der Waals surface area contributed by atoms with Crippen molar-refractivity contribution in [3.8, 4) is 0 Å². The molecule has 1 rings (SSSR count). The minimum Gasteiger partial charge on any atom is -0.480 e. The zero-order valence-electron chi connectivity index (χ0n) is 13.8. The number of hydrogen-bond acceptors (Lipinski definition) is 3. The largest absolute Gasteiger partial charge is 0.480 e. The summed E-state index contributed by atoms with van der Waals surface area (Å²) in [5, 5.41) is 12.6. The van der Waals surface area contributed by atoms with Gasteiger partial charge in [-0.3, -0.25) is 10.1 Å². The molecule has 0 aromatic rings. The molecule has 0 aliphatic carbocycles. The molecule has 1 fully saturated rings. The van der Waals surface area contributed by atoms with Gasteiger partial charge >= 0.3 is 5.97 Å². The Morgan fingerprint density at radius 2 is 2.05 bits per heavy atom. The number of rotatable bonds is 8. The second-order valence-corrected chi connectivity index (χ2v) is 7.03. The molecule has 1 heterocycles. The summed E-state index contributed by atoms with van der Waals surface area (Å²) in [5.41, 5.74) is -0.804. The van der Waals surface area contributed by atoms with Gasteiger partial charge in [-0.05, 0) is 65.5 Å². The van der Waals surface area contributed by atoms with Crippen LogP contribution in [0.1, 0.15) is 60.3 Å². The van der Waals surface area contributed by atoms with Gasteiger partial charge in [-0.25, -0.2) is 0 Å². The van der Waals surface area contributed by atoms with Crippen LogP contribution < -0.4 is 5.32 Å². The minimum absolute atomic E-state index is 0.186. The number of nitrogens with zero attached hydrogens (tertiary/aromatic N) is 1. The highest BCUT2D eigenvalue weighted by Gasteiger charge is 2.34. The summed E-state index contributed by atoms with van der Waals surface area (Å²) in [6.07, 6.45) is 4.19. The van der Waals surface area contributed by atoms with Crippen molar-refractivity contribution in [3.63, 3.8) is 0 Å². The first-order chi connectivity index (χ1) is 9.26. The van der Waals surface area contributed by atoms with E-state index < -0.39 is 11.5 Å². The first-order valence-corrected chi connectivity index (χ1v) is 8.01. The lowest BCUT2D eigenvalue weighted by atomic mass is 9.94. The molecule has 0 radical (unpaired) electrons. The molecule has 0 spiro atoms. The first-order valence-electron chi connectivity index (χ1n) is 8.01. The van der Waals surface area contributed by atoms with Crippen molar-refractivity contribution in [1.82, 2.24) is 10.2 Å². The van der Waals surface area contributed by atoms with E-state index >= 15 is 0 Å². The Labute approximate surface area is 123 Å². The van der Waals surface area contributed by atoms with Crippen LogP contribution in [0.3, 0.4) is 0 Å². The van der Waals surface area contributed by atoms with Crippen LogP contribution in [0.15, 0.2) is 0 Å². The van der Waals surface area contributed by atoms with Gasteiger partial charge in [0.15, 0.2) is 0 Å². The molecule has 1 aliphatic heterocycles. The number of nitrogens with one attached hydrogen (secondary N) is 1. The molecular weight excluding hydrogens is 252 g/mol. The Bertz CT molecular complexity index is 318. The minimum atomic E-state index is -0.804. The molecule has 4 nitrogen and oxygen atoms in total. The molecule has 2 atom stereocenters. The lowest BCUT2D eigenvalue weighted by Gasteiger charge is -2.31. The predicted molar refractivity (Wildman–Crippen MR) is 83.0 cm³/mol. The van der Waals surface area contributed by atoms with Crippen molar-refractivity contribution in [2.24, 2.45) is 5.92 Å². The SMILES string of the molecule is CC(C)NC(C)(CCCN1CCCC1C(C)C)C(=O)O. The molecule has 2 unspecified atom stereocenters. The molecule has 4 heteroatoms. The second-order valence-electron chi connectivity index (χ2n) is 7.03. The smallest absolute Gasteiger partial charge is 0.323 e. The van der Waals surface area contributed by atoms with Crippen LogP contribution in [0, 0.1) is 5.92 Å². The summed E-state index contributed by atoms with van der Waals surface area (Å²) in [6.45, 7) is 12.6. The molecule has 0 aromatic heterocycles. The Hall–Kier alpha value is -0.610. The van der Waals surface area contributed by atoms with Gasteiger partial charge in [-0.2, -0.15) is 0 Å². The standard InChI is InChI=1S/C16H32N2O2/c1-12(2)14-8-6-10-18(14)11-7-9-16(5,15(19)20)17-13(3)4/h12-14,17H,6-11H2,1-5H3,(H,19,20). The Balaban J connectivity index is 2.46. The van der Waals surface area contributed by atoms with Crippen LogP contribution in [-0.4, -0.2) is 46.7 Å². The zero-order valence-corrected chi connectivity index (χ0v) is 13.8. The fourth-order valence-corrected chi connectivity index (χ4v) is 3.40. The van der Waals surface area contributed by atoms with E-state index in [1.54, 1.807) is 6.92 Å². The summed E-state index contributed by atoms with van der Waals surface area (Å²) in [4.78, 5) is 14.0. The van der Waals surface area contributed by atoms with Gasteiger partial charge in [0, 0.05) is 12.1 Å². The number of carbonyl (C=O) groups is 1. The van der Waals surface area contributed by atoms with Crippen LogP contribution in [-0.2, 0) is 4.79 Å². The summed E-state index contributed by atoms with van der Waals surface area (Å²) >= 11 is 0. The number of carboxylic acids is 1. The van der Waals surface area contributed by atoms with Gasteiger partial charge in [0.05, 0.1) is 0 Å². The van der Waals surface area contributed by atoms with E-state index in [4.69, 9.17) is 0 Å². The summed E-state index contributed by atoms with van der Waals surface area (Å²) in [7, 11) is 0. The fraction of sp³-hybridized carbons (Fsp3) is 0.938. The van der Waals surface area contributed by atoms with E-state index in [1.807, 2.05) is 13.8 Å². The molecule has 1 saturated heterocycles. The Morgan fingerprint density at radius 1 is 1.40 bits per heavy atom. The van der Waals surface area contributed by atoms with Crippen molar-refractivity contribution in [2.45, 2.75) is 77.9 Å². The first kappa shape index (κ1) is 17.4. The topological polar surface area (TPSA) is 52.6 Å². The average Bonchev–Trinajstić information content (AvgIpc) is 2.76. The number of carboxylic acid groups (broad SMARTS) is 1. The third-order valence-corrected chi connectivity index (χ3v) is 4.39. The summed E-state index contributed by atoms with van der Waals surface area (Å²) < 4.78 is 0. The molecule has 2 N–H and O–H groups in total. The Kier molecular flexibility index (Phi) is 6.46. The molecule has 118 valence electrons. The van der Waals surface area contributed by atoms with Gasteiger partial charge in [-0.1, -0.05) is 13.8 Å². The molecule has 20 heavy (non-hydrogen) atoms. The van der Waals surface area contributed by atoms with Gasteiger partial charge in [0.25, 0.3) is 0 Å². The third kappa shape index (κ3) is 4.74. The van der Waals surface area contributed by atoms with Crippen LogP contribution in [0.2, 0.25) is 0 Å². The van der Waals surface area contributed by atoms with Crippen LogP contribution in [0.4, 0.5) is 0 Å². The number of aliphatic carboxylic acids is 1. The highest BCUT2D eigenvalue weighted by molar-refractivity contribution is 5.78. The molecule has 0 saturated carbocycles. The highest BCUT2D eigenvalue weighted by Crippen LogP contribution is 2.24. The van der Waals surface area contributed by atoms with Gasteiger partial charge in [0.2, 0.25) is 0 Å². The van der Waals surface area contributed by atoms with Crippen molar-refractivity contribution in [1.29, 1.82) is 0 Å². The van der Waals surface area contributed by atoms with Gasteiger partial charge in [-0.15, -0.1) is 0 Å². The second kappa shape index (κ2) is 7.41. The Morgan fingerprint density at radius 3 is 2.55 bits per heavy atom.